The summed E-state index contributed by atoms with van der Waals surface area (Å²) < 4.78 is 0. The third-order valence-electron chi connectivity index (χ3n) is 2.64. The Bertz CT molecular complexity index is 438. The molecule has 1 aliphatic carbocycles. The Morgan fingerprint density at radius 3 is 2.81 bits per heavy atom. The summed E-state index contributed by atoms with van der Waals surface area (Å²) >= 11 is 0. The fourth-order valence-corrected chi connectivity index (χ4v) is 1.76. The van der Waals surface area contributed by atoms with Crippen molar-refractivity contribution in [3.05, 3.63) is 59.7 Å². The monoisotopic (exact) mass is 207 g/mol. The number of hydrogen-bond donors (Lipinski definition) is 0. The smallest absolute Gasteiger partial charge is 0.0249 e. The highest BCUT2D eigenvalue weighted by molar-refractivity contribution is 5.37. The average molecular weight is 207 g/mol. The van der Waals surface area contributed by atoms with E-state index in [4.69, 9.17) is 0 Å². The molecule has 0 N–H and O–H groups in total. The first-order valence-electron chi connectivity index (χ1n) is 5.78. The van der Waals surface area contributed by atoms with Crippen LogP contribution in [0.2, 0.25) is 0 Å². The summed E-state index contributed by atoms with van der Waals surface area (Å²) in [5.41, 5.74) is 2.47. The van der Waals surface area contributed by atoms with Gasteiger partial charge in [0.15, 0.2) is 0 Å². The molecule has 0 aromatic heterocycles. The molecule has 0 atom stereocenters. The van der Waals surface area contributed by atoms with Crippen LogP contribution in [0, 0.1) is 17.9 Å². The van der Waals surface area contributed by atoms with Gasteiger partial charge in [-0.15, -0.1) is 0 Å². The van der Waals surface area contributed by atoms with E-state index < -0.39 is 0 Å². The predicted octanol–water partition coefficient (Wildman–Crippen LogP) is 3.89. The van der Waals surface area contributed by atoms with Crippen LogP contribution in [0.15, 0.2) is 48.1 Å². The van der Waals surface area contributed by atoms with Gasteiger partial charge < -0.3 is 0 Å². The van der Waals surface area contributed by atoms with Crippen molar-refractivity contribution in [2.45, 2.75) is 25.7 Å². The van der Waals surface area contributed by atoms with E-state index in [1.165, 1.54) is 31.3 Å². The molecule has 0 aliphatic heterocycles. The Hall–Kier alpha value is -1.74. The second-order valence-electron chi connectivity index (χ2n) is 3.92. The fourth-order valence-electron chi connectivity index (χ4n) is 1.76. The van der Waals surface area contributed by atoms with Gasteiger partial charge in [0.1, 0.15) is 0 Å². The molecule has 0 heterocycles. The zero-order valence-corrected chi connectivity index (χ0v) is 9.37. The van der Waals surface area contributed by atoms with Crippen LogP contribution in [0.4, 0.5) is 0 Å². The van der Waals surface area contributed by atoms with Crippen LogP contribution < -0.4 is 0 Å². The van der Waals surface area contributed by atoms with Gasteiger partial charge in [-0.3, -0.25) is 0 Å². The number of benzene rings is 1. The molecule has 16 heavy (non-hydrogen) atoms. The largest absolute Gasteiger partial charge is 0.0813 e. The van der Waals surface area contributed by atoms with Crippen molar-refractivity contribution in [1.29, 1.82) is 0 Å². The molecule has 0 nitrogen and oxygen atoms in total. The quantitative estimate of drug-likeness (QED) is 0.613. The van der Waals surface area contributed by atoms with E-state index >= 15 is 0 Å². The Morgan fingerprint density at radius 1 is 1.19 bits per heavy atom. The molecule has 0 heteroatoms. The van der Waals surface area contributed by atoms with Gasteiger partial charge in [0.05, 0.1) is 0 Å². The molecule has 79 valence electrons. The van der Waals surface area contributed by atoms with E-state index in [0.717, 1.165) is 5.56 Å². The van der Waals surface area contributed by atoms with E-state index in [1.807, 2.05) is 30.3 Å². The van der Waals surface area contributed by atoms with Crippen LogP contribution in [0.25, 0.3) is 0 Å². The van der Waals surface area contributed by atoms with Gasteiger partial charge in [-0.05, 0) is 50.0 Å². The molecule has 0 spiro atoms. The molecule has 1 aromatic rings. The summed E-state index contributed by atoms with van der Waals surface area (Å²) in [6, 6.07) is 10.7. The summed E-state index contributed by atoms with van der Waals surface area (Å²) in [6.07, 6.45) is 11.5. The standard InChI is InChI=1S/C16H15/c1-3-9-15(10-4-1)13-7-8-14-16-11-5-2-6-12-16/h5-7,9,11-13H,1,3-4,10H2. The minimum atomic E-state index is 1.04. The van der Waals surface area contributed by atoms with E-state index in [0.29, 0.717) is 0 Å². The van der Waals surface area contributed by atoms with Crippen LogP contribution in [0.5, 0.6) is 0 Å². The minimum absolute atomic E-state index is 1.04. The first kappa shape index (κ1) is 10.8. The van der Waals surface area contributed by atoms with Gasteiger partial charge in [-0.1, -0.05) is 41.7 Å². The highest BCUT2D eigenvalue weighted by atomic mass is 14.0. The number of rotatable bonds is 1. The summed E-state index contributed by atoms with van der Waals surface area (Å²) in [5, 5.41) is 0. The summed E-state index contributed by atoms with van der Waals surface area (Å²) in [7, 11) is 0. The van der Waals surface area contributed by atoms with E-state index in [2.05, 4.69) is 30.1 Å². The maximum Gasteiger partial charge on any atom is 0.0249 e. The average Bonchev–Trinajstić information content (AvgIpc) is 2.37. The van der Waals surface area contributed by atoms with Crippen LogP contribution in [0.1, 0.15) is 31.2 Å². The fraction of sp³-hybridized carbons (Fsp3) is 0.250. The van der Waals surface area contributed by atoms with Crippen LogP contribution in [0.3, 0.4) is 0 Å². The van der Waals surface area contributed by atoms with Crippen molar-refractivity contribution in [3.63, 3.8) is 0 Å². The first-order valence-corrected chi connectivity index (χ1v) is 5.78. The second kappa shape index (κ2) is 5.98. The van der Waals surface area contributed by atoms with E-state index in [9.17, 15) is 0 Å². The topological polar surface area (TPSA) is 0 Å². The number of hydrogen-bond acceptors (Lipinski definition) is 0. The Kier molecular flexibility index (Phi) is 4.02. The van der Waals surface area contributed by atoms with Gasteiger partial charge in [0, 0.05) is 5.56 Å². The Balaban J connectivity index is 1.94. The third-order valence-corrected chi connectivity index (χ3v) is 2.64. The molecular formula is C16H15. The van der Waals surface area contributed by atoms with Gasteiger partial charge in [0.2, 0.25) is 0 Å². The highest BCUT2D eigenvalue weighted by Crippen LogP contribution is 2.17. The van der Waals surface area contributed by atoms with Crippen molar-refractivity contribution in [2.75, 3.05) is 0 Å². The molecular weight excluding hydrogens is 192 g/mol. The first-order chi connectivity index (χ1) is 7.95. The molecule has 0 amide bonds. The lowest BCUT2D eigenvalue weighted by Gasteiger charge is -2.07. The van der Waals surface area contributed by atoms with Gasteiger partial charge in [-0.2, -0.15) is 0 Å². The molecule has 0 fully saturated rings. The van der Waals surface area contributed by atoms with E-state index in [-0.39, 0.29) is 0 Å². The lowest BCUT2D eigenvalue weighted by molar-refractivity contribution is 0.712. The summed E-state index contributed by atoms with van der Waals surface area (Å²) in [4.78, 5) is 0. The predicted molar refractivity (Wildman–Crippen MR) is 67.8 cm³/mol. The normalized spacial score (nSPS) is 15.4. The van der Waals surface area contributed by atoms with Crippen molar-refractivity contribution in [3.8, 4) is 11.8 Å². The van der Waals surface area contributed by atoms with Gasteiger partial charge in [-0.25, -0.2) is 0 Å². The van der Waals surface area contributed by atoms with Crippen molar-refractivity contribution >= 4 is 0 Å². The van der Waals surface area contributed by atoms with Gasteiger partial charge >= 0.3 is 0 Å². The molecule has 0 saturated heterocycles. The molecule has 1 aliphatic rings. The molecule has 1 aromatic carbocycles. The zero-order valence-electron chi connectivity index (χ0n) is 9.37. The lowest BCUT2D eigenvalue weighted by Crippen LogP contribution is -1.87. The maximum absolute atomic E-state index is 3.10. The molecule has 0 unspecified atom stereocenters. The molecule has 0 bridgehead atoms. The van der Waals surface area contributed by atoms with Crippen molar-refractivity contribution in [2.24, 2.45) is 0 Å². The van der Waals surface area contributed by atoms with Crippen LogP contribution in [-0.2, 0) is 0 Å². The lowest BCUT2D eigenvalue weighted by atomic mass is 9.99. The maximum atomic E-state index is 3.10. The molecule has 2 rings (SSSR count). The summed E-state index contributed by atoms with van der Waals surface area (Å²) in [6.45, 7) is 0. The SMILES string of the molecule is C(#Cc1cc[c]cc1)C=CC1=CCCCC1. The third kappa shape index (κ3) is 3.44. The van der Waals surface area contributed by atoms with E-state index in [1.54, 1.807) is 0 Å². The molecule has 0 saturated carbocycles. The van der Waals surface area contributed by atoms with Crippen molar-refractivity contribution in [1.82, 2.24) is 0 Å². The Labute approximate surface area is 97.7 Å². The highest BCUT2D eigenvalue weighted by Gasteiger charge is 1.98. The van der Waals surface area contributed by atoms with Crippen molar-refractivity contribution < 1.29 is 0 Å². The summed E-state index contributed by atoms with van der Waals surface area (Å²) in [5.74, 6) is 6.16. The van der Waals surface area contributed by atoms with Gasteiger partial charge in [0.25, 0.3) is 0 Å². The zero-order chi connectivity index (χ0) is 11.1. The van der Waals surface area contributed by atoms with Crippen LogP contribution >= 0.6 is 0 Å². The van der Waals surface area contributed by atoms with Crippen LogP contribution in [-0.4, -0.2) is 0 Å². The molecule has 1 radical (unpaired) electrons. The number of allylic oxidation sites excluding steroid dienone is 4. The second-order valence-corrected chi connectivity index (χ2v) is 3.92. The Morgan fingerprint density at radius 2 is 2.06 bits per heavy atom. The minimum Gasteiger partial charge on any atom is -0.0813 e.